The highest BCUT2D eigenvalue weighted by Crippen LogP contribution is 2.37. The van der Waals surface area contributed by atoms with Crippen LogP contribution in [0.4, 0.5) is 4.79 Å². The molecule has 9 heteroatoms. The van der Waals surface area contributed by atoms with Crippen molar-refractivity contribution in [1.82, 2.24) is 9.80 Å². The maximum absolute atomic E-state index is 13.2. The van der Waals surface area contributed by atoms with Crippen LogP contribution in [-0.2, 0) is 15.1 Å². The second kappa shape index (κ2) is 9.21. The Balaban J connectivity index is 1.75. The van der Waals surface area contributed by atoms with E-state index in [1.54, 1.807) is 68.1 Å². The fraction of sp³-hybridized carbons (Fsp3) is 0.400. The van der Waals surface area contributed by atoms with Crippen LogP contribution >= 0.6 is 23.2 Å². The number of fused-ring (bicyclic) bond motifs is 1. The smallest absolute Gasteiger partial charge is 0.410 e. The first kappa shape index (κ1) is 24.5. The molecule has 0 N–H and O–H groups in total. The van der Waals surface area contributed by atoms with Gasteiger partial charge in [-0.15, -0.1) is 0 Å². The van der Waals surface area contributed by atoms with Gasteiger partial charge in [-0.3, -0.25) is 14.5 Å². The van der Waals surface area contributed by atoms with Crippen LogP contribution in [0.5, 0.6) is 0 Å². The number of benzene rings is 2. The van der Waals surface area contributed by atoms with Gasteiger partial charge in [-0.25, -0.2) is 4.79 Å². The summed E-state index contributed by atoms with van der Waals surface area (Å²) in [5.74, 6) is -0.812. The summed E-state index contributed by atoms with van der Waals surface area (Å²) in [6.07, 6.45) is 0.0644. The summed E-state index contributed by atoms with van der Waals surface area (Å²) in [6, 6.07) is 11.7. The minimum Gasteiger partial charge on any atom is -0.444 e. The van der Waals surface area contributed by atoms with Gasteiger partial charge in [-0.1, -0.05) is 41.4 Å². The van der Waals surface area contributed by atoms with Crippen molar-refractivity contribution in [2.24, 2.45) is 0 Å². The molecule has 0 aromatic heterocycles. The Kier molecular flexibility index (Phi) is 6.64. The molecule has 3 amide bonds. The molecule has 1 atom stereocenters. The van der Waals surface area contributed by atoms with Gasteiger partial charge < -0.3 is 14.4 Å². The van der Waals surface area contributed by atoms with E-state index in [0.717, 1.165) is 0 Å². The predicted molar refractivity (Wildman–Crippen MR) is 128 cm³/mol. The summed E-state index contributed by atoms with van der Waals surface area (Å²) in [5.41, 5.74) is -0.619. The molecule has 2 heterocycles. The Bertz CT molecular complexity index is 1110. The van der Waals surface area contributed by atoms with Gasteiger partial charge in [0, 0.05) is 13.2 Å². The Labute approximate surface area is 208 Å². The van der Waals surface area contributed by atoms with Crippen molar-refractivity contribution in [2.45, 2.75) is 38.4 Å². The molecule has 1 saturated heterocycles. The van der Waals surface area contributed by atoms with Gasteiger partial charge in [0.25, 0.3) is 11.8 Å². The van der Waals surface area contributed by atoms with Crippen molar-refractivity contribution in [2.75, 3.05) is 26.2 Å². The van der Waals surface area contributed by atoms with E-state index in [1.165, 1.54) is 4.90 Å². The monoisotopic (exact) mass is 504 g/mol. The Morgan fingerprint density at radius 2 is 1.71 bits per heavy atom. The molecule has 34 heavy (non-hydrogen) atoms. The fourth-order valence-electron chi connectivity index (χ4n) is 4.22. The van der Waals surface area contributed by atoms with Crippen molar-refractivity contribution in [1.29, 1.82) is 0 Å². The van der Waals surface area contributed by atoms with Crippen LogP contribution in [0.15, 0.2) is 42.5 Å². The number of carbonyl (C=O) groups is 3. The van der Waals surface area contributed by atoms with E-state index in [1.807, 2.05) is 0 Å². The summed E-state index contributed by atoms with van der Waals surface area (Å²) >= 11 is 12.5. The molecule has 2 aromatic rings. The van der Waals surface area contributed by atoms with Crippen molar-refractivity contribution in [3.8, 4) is 0 Å². The molecule has 4 rings (SSSR count). The zero-order valence-electron chi connectivity index (χ0n) is 19.3. The second-order valence-electron chi connectivity index (χ2n) is 9.47. The highest BCUT2D eigenvalue weighted by molar-refractivity contribution is 6.42. The zero-order valence-corrected chi connectivity index (χ0v) is 20.8. The summed E-state index contributed by atoms with van der Waals surface area (Å²) in [5, 5.41) is 0.663. The van der Waals surface area contributed by atoms with Crippen molar-refractivity contribution < 1.29 is 23.9 Å². The highest BCUT2D eigenvalue weighted by Gasteiger charge is 2.46. The van der Waals surface area contributed by atoms with Gasteiger partial charge in [0.1, 0.15) is 11.2 Å². The number of nitrogens with zero attached hydrogens (tertiary/aromatic N) is 2. The molecule has 0 bridgehead atoms. The number of imide groups is 1. The molecule has 180 valence electrons. The maximum atomic E-state index is 13.2. The molecular weight excluding hydrogens is 479 g/mol. The second-order valence-corrected chi connectivity index (χ2v) is 10.3. The Morgan fingerprint density at radius 3 is 2.29 bits per heavy atom. The number of amides is 3. The molecule has 1 unspecified atom stereocenters. The molecule has 1 fully saturated rings. The van der Waals surface area contributed by atoms with E-state index < -0.39 is 29.1 Å². The van der Waals surface area contributed by atoms with E-state index >= 15 is 0 Å². The molecule has 2 aliphatic heterocycles. The van der Waals surface area contributed by atoms with Crippen LogP contribution in [0.25, 0.3) is 0 Å². The van der Waals surface area contributed by atoms with Crippen molar-refractivity contribution in [3.63, 3.8) is 0 Å². The van der Waals surface area contributed by atoms with Crippen LogP contribution in [0.2, 0.25) is 10.0 Å². The van der Waals surface area contributed by atoms with Crippen LogP contribution in [0.1, 0.15) is 53.5 Å². The SMILES string of the molecule is CC(C)(C)OC(=O)N1CCCOC(CN2C(=O)c3ccccc3C2=O)(c2ccc(Cl)c(Cl)c2)C1. The first-order valence-electron chi connectivity index (χ1n) is 11.0. The third kappa shape index (κ3) is 4.78. The number of rotatable bonds is 3. The lowest BCUT2D eigenvalue weighted by Crippen LogP contribution is -2.52. The standard InChI is InChI=1S/C25H26Cl2N2O5/c1-24(2,3)34-23(32)28-11-6-12-33-25(14-28,16-9-10-19(26)20(27)13-16)15-29-21(30)17-7-4-5-8-18(17)22(29)31/h4-5,7-10,13H,6,11-12,14-15H2,1-3H3. The zero-order chi connectivity index (χ0) is 24.7. The summed E-state index contributed by atoms with van der Waals surface area (Å²) in [6.45, 7) is 6.06. The summed E-state index contributed by atoms with van der Waals surface area (Å²) < 4.78 is 11.9. The topological polar surface area (TPSA) is 76.2 Å². The number of halogens is 2. The van der Waals surface area contributed by atoms with Crippen LogP contribution < -0.4 is 0 Å². The van der Waals surface area contributed by atoms with Gasteiger partial charge in [0.05, 0.1) is 34.3 Å². The summed E-state index contributed by atoms with van der Waals surface area (Å²) in [4.78, 5) is 42.1. The van der Waals surface area contributed by atoms with Crippen molar-refractivity contribution in [3.05, 3.63) is 69.2 Å². The minimum atomic E-state index is -1.23. The van der Waals surface area contributed by atoms with Crippen LogP contribution in [0.3, 0.4) is 0 Å². The fourth-order valence-corrected chi connectivity index (χ4v) is 4.52. The lowest BCUT2D eigenvalue weighted by molar-refractivity contribution is -0.0654. The number of hydrogen-bond acceptors (Lipinski definition) is 5. The molecule has 0 radical (unpaired) electrons. The van der Waals surface area contributed by atoms with Gasteiger partial charge in [-0.05, 0) is 57.0 Å². The molecule has 0 spiro atoms. The normalized spacial score (nSPS) is 20.9. The Hall–Kier alpha value is -2.61. The summed E-state index contributed by atoms with van der Waals surface area (Å²) in [7, 11) is 0. The van der Waals surface area contributed by atoms with Gasteiger partial charge in [0.15, 0.2) is 0 Å². The van der Waals surface area contributed by atoms with Gasteiger partial charge in [0.2, 0.25) is 0 Å². The molecule has 0 aliphatic carbocycles. The highest BCUT2D eigenvalue weighted by atomic mass is 35.5. The van der Waals surface area contributed by atoms with Gasteiger partial charge in [-0.2, -0.15) is 0 Å². The van der Waals surface area contributed by atoms with Crippen LogP contribution in [-0.4, -0.2) is 59.5 Å². The average Bonchev–Trinajstić information content (AvgIpc) is 2.93. The first-order valence-corrected chi connectivity index (χ1v) is 11.8. The number of ether oxygens (including phenoxy) is 2. The maximum Gasteiger partial charge on any atom is 0.410 e. The molecular formula is C25H26Cl2N2O5. The lowest BCUT2D eigenvalue weighted by atomic mass is 9.92. The Morgan fingerprint density at radius 1 is 1.06 bits per heavy atom. The minimum absolute atomic E-state index is 0.0628. The van der Waals surface area contributed by atoms with Crippen LogP contribution in [0, 0.1) is 0 Å². The molecule has 0 saturated carbocycles. The third-order valence-corrected chi connectivity index (χ3v) is 6.53. The quantitative estimate of drug-likeness (QED) is 0.540. The lowest BCUT2D eigenvalue weighted by Gasteiger charge is -2.38. The largest absolute Gasteiger partial charge is 0.444 e. The number of carbonyl (C=O) groups excluding carboxylic acids is 3. The van der Waals surface area contributed by atoms with E-state index in [4.69, 9.17) is 32.7 Å². The van der Waals surface area contributed by atoms with E-state index in [9.17, 15) is 14.4 Å². The van der Waals surface area contributed by atoms with Gasteiger partial charge >= 0.3 is 6.09 Å². The predicted octanol–water partition coefficient (Wildman–Crippen LogP) is 5.14. The van der Waals surface area contributed by atoms with E-state index in [0.29, 0.717) is 46.3 Å². The van der Waals surface area contributed by atoms with Crippen molar-refractivity contribution >= 4 is 41.1 Å². The van der Waals surface area contributed by atoms with E-state index in [2.05, 4.69) is 0 Å². The molecule has 2 aliphatic rings. The molecule has 2 aromatic carbocycles. The third-order valence-electron chi connectivity index (χ3n) is 5.79. The van der Waals surface area contributed by atoms with E-state index in [-0.39, 0.29) is 13.1 Å². The average molecular weight is 505 g/mol. The molecule has 7 nitrogen and oxygen atoms in total. The first-order chi connectivity index (χ1) is 16.0. The number of hydrogen-bond donors (Lipinski definition) is 0.